The predicted octanol–water partition coefficient (Wildman–Crippen LogP) is 1.58. The number of anilines is 1. The third-order valence-electron chi connectivity index (χ3n) is 5.27. The van der Waals surface area contributed by atoms with Crippen LogP contribution in [0.2, 0.25) is 0 Å². The molecule has 1 aliphatic rings. The molecule has 0 spiro atoms. The van der Waals surface area contributed by atoms with Crippen molar-refractivity contribution in [3.05, 3.63) is 98.3 Å². The van der Waals surface area contributed by atoms with Crippen molar-refractivity contribution in [3.63, 3.8) is 0 Å². The lowest BCUT2D eigenvalue weighted by Gasteiger charge is -2.21. The summed E-state index contributed by atoms with van der Waals surface area (Å²) in [7, 11) is 1.18. The number of benzene rings is 2. The van der Waals surface area contributed by atoms with E-state index < -0.39 is 29.1 Å². The summed E-state index contributed by atoms with van der Waals surface area (Å²) in [6.07, 6.45) is 1.45. The van der Waals surface area contributed by atoms with Crippen molar-refractivity contribution in [3.8, 4) is 5.88 Å². The van der Waals surface area contributed by atoms with E-state index in [0.29, 0.717) is 11.1 Å². The number of nitrogens with two attached hydrogens (primary N) is 1. The van der Waals surface area contributed by atoms with E-state index in [9.17, 15) is 18.4 Å². The van der Waals surface area contributed by atoms with Gasteiger partial charge in [0.05, 0.1) is 13.0 Å². The van der Waals surface area contributed by atoms with E-state index in [1.54, 1.807) is 0 Å². The van der Waals surface area contributed by atoms with Gasteiger partial charge in [0.2, 0.25) is 11.4 Å². The summed E-state index contributed by atoms with van der Waals surface area (Å²) in [5, 5.41) is -0.00651. The van der Waals surface area contributed by atoms with Crippen molar-refractivity contribution >= 4 is 23.6 Å². The minimum Gasteiger partial charge on any atom is -0.465 e. The highest BCUT2D eigenvalue weighted by molar-refractivity contribution is 6.12. The maximum absolute atomic E-state index is 13.6. The van der Waals surface area contributed by atoms with Crippen LogP contribution < -0.4 is 22.3 Å². The molecule has 3 heterocycles. The predicted molar refractivity (Wildman–Crippen MR) is 112 cm³/mol. The number of nitrogen functional groups attached to an aromatic ring is 1. The van der Waals surface area contributed by atoms with Gasteiger partial charge in [0.1, 0.15) is 28.3 Å². The first-order valence-electron chi connectivity index (χ1n) is 9.71. The van der Waals surface area contributed by atoms with Crippen LogP contribution in [0.4, 0.5) is 14.8 Å². The molecule has 0 unspecified atom stereocenters. The van der Waals surface area contributed by atoms with Gasteiger partial charge in [-0.3, -0.25) is 0 Å². The Morgan fingerprint density at radius 2 is 1.73 bits per heavy atom. The molecule has 0 radical (unpaired) electrons. The van der Waals surface area contributed by atoms with Gasteiger partial charge in [-0.15, -0.1) is 0 Å². The van der Waals surface area contributed by atoms with Gasteiger partial charge >= 0.3 is 11.6 Å². The monoisotopic (exact) mass is 451 g/mol. The smallest absolute Gasteiger partial charge is 0.362 e. The van der Waals surface area contributed by atoms with E-state index in [1.807, 2.05) is 0 Å². The van der Waals surface area contributed by atoms with Crippen LogP contribution in [0, 0.1) is 11.6 Å². The second kappa shape index (κ2) is 7.59. The molecule has 166 valence electrons. The Morgan fingerprint density at radius 3 is 2.36 bits per heavy atom. The average molecular weight is 451 g/mol. The number of rotatable bonds is 3. The molecule has 2 N–H and O–H groups in total. The van der Waals surface area contributed by atoms with Crippen LogP contribution in [-0.2, 0) is 9.53 Å². The van der Waals surface area contributed by atoms with Crippen LogP contribution >= 0.6 is 0 Å². The molecule has 0 saturated carbocycles. The topological polar surface area (TPSA) is 113 Å². The van der Waals surface area contributed by atoms with Crippen molar-refractivity contribution in [1.29, 1.82) is 0 Å². The second-order valence-electron chi connectivity index (χ2n) is 7.24. The van der Waals surface area contributed by atoms with Crippen LogP contribution in [0.5, 0.6) is 0 Å². The second-order valence-corrected chi connectivity index (χ2v) is 7.24. The molecule has 2 aromatic heterocycles. The van der Waals surface area contributed by atoms with Gasteiger partial charge in [0.15, 0.2) is 0 Å². The van der Waals surface area contributed by atoms with Crippen molar-refractivity contribution in [1.82, 2.24) is 9.55 Å². The first-order chi connectivity index (χ1) is 15.9. The van der Waals surface area contributed by atoms with Gasteiger partial charge in [-0.25, -0.2) is 22.9 Å². The van der Waals surface area contributed by atoms with E-state index in [-0.39, 0.29) is 34.1 Å². The van der Waals surface area contributed by atoms with Gasteiger partial charge in [0, 0.05) is 0 Å². The Morgan fingerprint density at radius 1 is 1.09 bits per heavy atom. The summed E-state index contributed by atoms with van der Waals surface area (Å²) in [6.45, 7) is 0. The molecule has 0 aliphatic carbocycles. The molecule has 0 fully saturated rings. The van der Waals surface area contributed by atoms with Crippen molar-refractivity contribution in [2.75, 3.05) is 12.8 Å². The third kappa shape index (κ3) is 3.32. The fraction of sp³-hybridized carbons (Fsp3) is 0.0870. The van der Waals surface area contributed by atoms with Gasteiger partial charge < -0.3 is 19.3 Å². The standard InChI is InChI=1S/C23H15F2N3O5/c1-31-22(30)17-16(12-4-8-14(25)9-5-12)18-20(33-23(26)27-18)28-15(21(29)32-19(17)28)10-11-2-6-13(24)7-3-11/h2-10,16H,1H3,(H2,26,27)/b15-10+/t16-/m0/s1. The number of hydrogen-bond donors (Lipinski definition) is 1. The number of methoxy groups -OCH3 is 1. The fourth-order valence-electron chi connectivity index (χ4n) is 3.85. The van der Waals surface area contributed by atoms with Gasteiger partial charge in [-0.05, 0) is 41.5 Å². The molecule has 0 amide bonds. The van der Waals surface area contributed by atoms with Crippen molar-refractivity contribution in [2.24, 2.45) is 0 Å². The molecule has 2 aromatic carbocycles. The lowest BCUT2D eigenvalue weighted by molar-refractivity contribution is -0.134. The molecule has 0 saturated heterocycles. The first-order valence-corrected chi connectivity index (χ1v) is 9.71. The zero-order valence-electron chi connectivity index (χ0n) is 17.0. The first kappa shape index (κ1) is 20.4. The van der Waals surface area contributed by atoms with Crippen LogP contribution in [-0.4, -0.2) is 22.6 Å². The highest BCUT2D eigenvalue weighted by Crippen LogP contribution is 2.38. The Balaban J connectivity index is 1.90. The van der Waals surface area contributed by atoms with Crippen molar-refractivity contribution < 1.29 is 27.1 Å². The maximum Gasteiger partial charge on any atom is 0.362 e. The fourth-order valence-corrected chi connectivity index (χ4v) is 3.85. The van der Waals surface area contributed by atoms with Gasteiger partial charge in [-0.1, -0.05) is 24.3 Å². The van der Waals surface area contributed by atoms with E-state index in [1.165, 1.54) is 66.3 Å². The van der Waals surface area contributed by atoms with E-state index in [4.69, 9.17) is 19.3 Å². The molecule has 5 rings (SSSR count). The molecular weight excluding hydrogens is 436 g/mol. The number of ether oxygens (including phenoxy) is 1. The molecular formula is C23H15F2N3O5. The summed E-state index contributed by atoms with van der Waals surface area (Å²) in [5.74, 6) is -2.54. The summed E-state index contributed by atoms with van der Waals surface area (Å²) in [6, 6.07) is 10.6. The lowest BCUT2D eigenvalue weighted by atomic mass is 9.87. The van der Waals surface area contributed by atoms with Gasteiger partial charge in [0.25, 0.3) is 6.01 Å². The van der Waals surface area contributed by atoms with Crippen LogP contribution in [0.1, 0.15) is 22.7 Å². The zero-order valence-corrected chi connectivity index (χ0v) is 17.0. The molecule has 33 heavy (non-hydrogen) atoms. The molecule has 1 atom stereocenters. The average Bonchev–Trinajstić information content (AvgIpc) is 3.33. The van der Waals surface area contributed by atoms with E-state index >= 15 is 0 Å². The minimum absolute atomic E-state index is 0.00651. The Hall–Kier alpha value is -4.47. The largest absolute Gasteiger partial charge is 0.465 e. The van der Waals surface area contributed by atoms with Crippen molar-refractivity contribution in [2.45, 2.75) is 5.92 Å². The Bertz CT molecular complexity index is 1560. The zero-order chi connectivity index (χ0) is 23.3. The highest BCUT2D eigenvalue weighted by Gasteiger charge is 2.39. The quantitative estimate of drug-likeness (QED) is 0.471. The Kier molecular flexibility index (Phi) is 4.70. The number of esters is 1. The van der Waals surface area contributed by atoms with E-state index in [0.717, 1.165) is 0 Å². The number of halogens is 2. The number of hydrogen-bond acceptors (Lipinski definition) is 7. The van der Waals surface area contributed by atoms with E-state index in [2.05, 4.69) is 4.98 Å². The summed E-state index contributed by atoms with van der Waals surface area (Å²) in [4.78, 5) is 29.9. The molecule has 10 heteroatoms. The summed E-state index contributed by atoms with van der Waals surface area (Å²) in [5.41, 5.74) is 6.05. The number of nitrogens with zero attached hydrogens (tertiary/aromatic N) is 2. The van der Waals surface area contributed by atoms with Gasteiger partial charge in [-0.2, -0.15) is 4.98 Å². The number of oxazole rings is 2. The normalized spacial score (nSPS) is 15.3. The third-order valence-corrected chi connectivity index (χ3v) is 5.27. The molecule has 1 aliphatic heterocycles. The molecule has 4 aromatic rings. The minimum atomic E-state index is -0.904. The van der Waals surface area contributed by atoms with Crippen LogP contribution in [0.3, 0.4) is 0 Å². The number of fused-ring (bicyclic) bond motifs is 3. The highest BCUT2D eigenvalue weighted by atomic mass is 19.1. The van der Waals surface area contributed by atoms with Crippen LogP contribution in [0.15, 0.2) is 62.2 Å². The SMILES string of the molecule is COC(=O)C1=c2oc(=O)/c(=C\c3ccc(F)cc3)n2-c2oc(N)nc2[C@H]1c1ccc(F)cc1. The number of carbonyl (C=O) groups excluding carboxylic acids is 1. The number of aromatic nitrogens is 2. The van der Waals surface area contributed by atoms with Crippen LogP contribution in [0.25, 0.3) is 17.5 Å². The molecule has 8 nitrogen and oxygen atoms in total. The maximum atomic E-state index is 13.6. The summed E-state index contributed by atoms with van der Waals surface area (Å²) >= 11 is 0. The Labute approximate surface area is 183 Å². The summed E-state index contributed by atoms with van der Waals surface area (Å²) < 4.78 is 44.2. The molecule has 0 bridgehead atoms. The lowest BCUT2D eigenvalue weighted by Crippen LogP contribution is -2.37. The number of carbonyl (C=O) groups is 1.